The summed E-state index contributed by atoms with van der Waals surface area (Å²) in [6.07, 6.45) is 0. The standard InChI is InChI=1S/C72H48N2/c1-8-22-49(23-9-1)57-40-58(50-24-10-2-11-25-50)42-62(41-57)74-70-39-37-56(44-66(70)68-48-60(52-28-14-4-15-29-52)46-64(72(68)74)54-32-18-6-19-33-54)55-36-38-69-65(43-55)67-47-59(51-26-12-3-13-27-51)45-63(53-30-16-5-17-31-53)71(67)73(69)61-34-20-7-21-35-61/h1-48H. The molecule has 346 valence electrons. The predicted molar refractivity (Wildman–Crippen MR) is 313 cm³/mol. The van der Waals surface area contributed by atoms with Gasteiger partial charge in [0.1, 0.15) is 0 Å². The maximum atomic E-state index is 2.53. The molecule has 2 heteroatoms. The van der Waals surface area contributed by atoms with Gasteiger partial charge in [0.25, 0.3) is 0 Å². The number of nitrogens with zero attached hydrogens (tertiary/aromatic N) is 2. The minimum atomic E-state index is 1.11. The average Bonchev–Trinajstić information content (AvgIpc) is 4.05. The molecule has 14 aromatic rings. The van der Waals surface area contributed by atoms with Crippen LogP contribution in [0.2, 0.25) is 0 Å². The molecule has 2 aromatic heterocycles. The minimum absolute atomic E-state index is 1.11. The zero-order valence-corrected chi connectivity index (χ0v) is 40.6. The van der Waals surface area contributed by atoms with Gasteiger partial charge in [-0.2, -0.15) is 0 Å². The largest absolute Gasteiger partial charge is 0.309 e. The van der Waals surface area contributed by atoms with Crippen LogP contribution in [-0.4, -0.2) is 9.13 Å². The Labute approximate surface area is 431 Å². The van der Waals surface area contributed by atoms with Gasteiger partial charge >= 0.3 is 0 Å². The summed E-state index contributed by atoms with van der Waals surface area (Å²) >= 11 is 0. The minimum Gasteiger partial charge on any atom is -0.309 e. The van der Waals surface area contributed by atoms with Gasteiger partial charge in [-0.1, -0.05) is 212 Å². The Kier molecular flexibility index (Phi) is 10.6. The monoisotopic (exact) mass is 940 g/mol. The van der Waals surface area contributed by atoms with Crippen LogP contribution >= 0.6 is 0 Å². The zero-order chi connectivity index (χ0) is 49.0. The smallest absolute Gasteiger partial charge is 0.0619 e. The molecule has 0 amide bonds. The molecule has 0 N–H and O–H groups in total. The van der Waals surface area contributed by atoms with Gasteiger partial charge in [0.2, 0.25) is 0 Å². The summed E-state index contributed by atoms with van der Waals surface area (Å²) in [6.45, 7) is 0. The van der Waals surface area contributed by atoms with E-state index in [9.17, 15) is 0 Å². The fraction of sp³-hybridized carbons (Fsp3) is 0. The average molecular weight is 941 g/mol. The van der Waals surface area contributed by atoms with Crippen LogP contribution in [-0.2, 0) is 0 Å². The highest BCUT2D eigenvalue weighted by atomic mass is 15.0. The van der Waals surface area contributed by atoms with Crippen LogP contribution in [0.5, 0.6) is 0 Å². The van der Waals surface area contributed by atoms with Gasteiger partial charge in [0, 0.05) is 44.0 Å². The van der Waals surface area contributed by atoms with Crippen LogP contribution in [0.3, 0.4) is 0 Å². The van der Waals surface area contributed by atoms with Crippen molar-refractivity contribution in [3.8, 4) is 89.3 Å². The van der Waals surface area contributed by atoms with E-state index in [1.54, 1.807) is 0 Å². The van der Waals surface area contributed by atoms with E-state index in [0.717, 1.165) is 22.5 Å². The summed E-state index contributed by atoms with van der Waals surface area (Å²) in [5, 5.41) is 4.83. The summed E-state index contributed by atoms with van der Waals surface area (Å²) in [5.74, 6) is 0. The number of para-hydroxylation sites is 1. The topological polar surface area (TPSA) is 9.86 Å². The van der Waals surface area contributed by atoms with Crippen LogP contribution in [0, 0.1) is 0 Å². The third kappa shape index (κ3) is 7.52. The summed E-state index contributed by atoms with van der Waals surface area (Å²) in [6, 6.07) is 107. The van der Waals surface area contributed by atoms with Crippen LogP contribution < -0.4 is 0 Å². The molecule has 2 nitrogen and oxygen atoms in total. The second-order valence-electron chi connectivity index (χ2n) is 19.3. The van der Waals surface area contributed by atoms with E-state index in [1.807, 2.05) is 0 Å². The van der Waals surface area contributed by atoms with Crippen molar-refractivity contribution in [2.45, 2.75) is 0 Å². The highest BCUT2D eigenvalue weighted by Gasteiger charge is 2.23. The van der Waals surface area contributed by atoms with Crippen molar-refractivity contribution >= 4 is 43.6 Å². The van der Waals surface area contributed by atoms with E-state index in [1.165, 1.54) is 110 Å². The van der Waals surface area contributed by atoms with Crippen molar-refractivity contribution in [1.82, 2.24) is 9.13 Å². The predicted octanol–water partition coefficient (Wildman–Crippen LogP) is 19.5. The Morgan fingerprint density at radius 2 is 0.473 bits per heavy atom. The molecule has 2 heterocycles. The summed E-state index contributed by atoms with van der Waals surface area (Å²) in [5.41, 5.74) is 23.5. The molecule has 0 aliphatic heterocycles. The normalized spacial score (nSPS) is 11.5. The third-order valence-corrected chi connectivity index (χ3v) is 14.8. The lowest BCUT2D eigenvalue weighted by Gasteiger charge is -2.16. The molecular formula is C72H48N2. The molecule has 0 aliphatic carbocycles. The van der Waals surface area contributed by atoms with Crippen LogP contribution in [0.1, 0.15) is 0 Å². The van der Waals surface area contributed by atoms with Crippen LogP contribution in [0.25, 0.3) is 133 Å². The van der Waals surface area contributed by atoms with Crippen molar-refractivity contribution in [3.63, 3.8) is 0 Å². The number of aromatic nitrogens is 2. The molecule has 0 radical (unpaired) electrons. The lowest BCUT2D eigenvalue weighted by Crippen LogP contribution is -1.98. The fourth-order valence-corrected chi connectivity index (χ4v) is 11.4. The van der Waals surface area contributed by atoms with E-state index < -0.39 is 0 Å². The van der Waals surface area contributed by atoms with Crippen LogP contribution in [0.4, 0.5) is 0 Å². The molecule has 0 unspecified atom stereocenters. The van der Waals surface area contributed by atoms with Crippen molar-refractivity contribution < 1.29 is 0 Å². The highest BCUT2D eigenvalue weighted by Crippen LogP contribution is 2.46. The first-order chi connectivity index (χ1) is 36.7. The van der Waals surface area contributed by atoms with E-state index in [2.05, 4.69) is 300 Å². The molecule has 0 aliphatic rings. The van der Waals surface area contributed by atoms with Gasteiger partial charge in [-0.05, 0) is 146 Å². The first-order valence-corrected chi connectivity index (χ1v) is 25.5. The molecular weight excluding hydrogens is 893 g/mol. The number of rotatable bonds is 9. The Morgan fingerprint density at radius 3 is 0.838 bits per heavy atom. The molecule has 12 aromatic carbocycles. The molecule has 0 saturated carbocycles. The van der Waals surface area contributed by atoms with Crippen LogP contribution in [0.15, 0.2) is 291 Å². The fourth-order valence-electron chi connectivity index (χ4n) is 11.4. The number of fused-ring (bicyclic) bond motifs is 6. The molecule has 0 atom stereocenters. The van der Waals surface area contributed by atoms with Crippen molar-refractivity contribution in [3.05, 3.63) is 291 Å². The Hall–Kier alpha value is -9.76. The SMILES string of the molecule is c1ccc(-c2cc(-c3ccccc3)cc(-n3c4ccc(-c5ccc6c(c5)c5cc(-c7ccccc7)cc(-c7ccccc7)c5n6-c5ccccc5)cc4c4cc(-c5ccccc5)cc(-c5ccccc5)c43)c2)cc1. The number of benzene rings is 12. The molecule has 0 saturated heterocycles. The van der Waals surface area contributed by atoms with E-state index in [4.69, 9.17) is 0 Å². The van der Waals surface area contributed by atoms with E-state index >= 15 is 0 Å². The van der Waals surface area contributed by atoms with Gasteiger partial charge in [-0.15, -0.1) is 0 Å². The summed E-state index contributed by atoms with van der Waals surface area (Å²) in [4.78, 5) is 0. The van der Waals surface area contributed by atoms with Gasteiger partial charge in [-0.3, -0.25) is 0 Å². The second-order valence-corrected chi connectivity index (χ2v) is 19.3. The van der Waals surface area contributed by atoms with Crippen molar-refractivity contribution in [1.29, 1.82) is 0 Å². The van der Waals surface area contributed by atoms with Crippen molar-refractivity contribution in [2.75, 3.05) is 0 Å². The Morgan fingerprint density at radius 1 is 0.176 bits per heavy atom. The first-order valence-electron chi connectivity index (χ1n) is 25.5. The molecule has 74 heavy (non-hydrogen) atoms. The number of hydrogen-bond donors (Lipinski definition) is 0. The quantitative estimate of drug-likeness (QED) is 0.136. The zero-order valence-electron chi connectivity index (χ0n) is 40.6. The Balaban J connectivity index is 1.06. The second kappa shape index (κ2) is 18.1. The van der Waals surface area contributed by atoms with Gasteiger partial charge in [0.15, 0.2) is 0 Å². The molecule has 0 fully saturated rings. The maximum Gasteiger partial charge on any atom is 0.0619 e. The molecule has 14 rings (SSSR count). The maximum absolute atomic E-state index is 2.53. The molecule has 0 spiro atoms. The lowest BCUT2D eigenvalue weighted by molar-refractivity contribution is 1.18. The van der Waals surface area contributed by atoms with Gasteiger partial charge < -0.3 is 9.13 Å². The van der Waals surface area contributed by atoms with Gasteiger partial charge in [-0.25, -0.2) is 0 Å². The van der Waals surface area contributed by atoms with E-state index in [-0.39, 0.29) is 0 Å². The highest BCUT2D eigenvalue weighted by molar-refractivity contribution is 6.18. The summed E-state index contributed by atoms with van der Waals surface area (Å²) in [7, 11) is 0. The Bertz CT molecular complexity index is 4290. The number of hydrogen-bond acceptors (Lipinski definition) is 0. The third-order valence-electron chi connectivity index (χ3n) is 14.8. The molecule has 0 bridgehead atoms. The van der Waals surface area contributed by atoms with Crippen molar-refractivity contribution in [2.24, 2.45) is 0 Å². The van der Waals surface area contributed by atoms with E-state index in [0.29, 0.717) is 0 Å². The van der Waals surface area contributed by atoms with Gasteiger partial charge in [0.05, 0.1) is 22.1 Å². The summed E-state index contributed by atoms with van der Waals surface area (Å²) < 4.78 is 4.99. The first kappa shape index (κ1) is 43.1. The lowest BCUT2D eigenvalue weighted by atomic mass is 9.94.